The van der Waals surface area contributed by atoms with Crippen LogP contribution < -0.4 is 26.4 Å². The largest absolute Gasteiger partial charge is 0.493 e. The average molecular weight is 389 g/mol. The highest BCUT2D eigenvalue weighted by atomic mass is 16.5. The fourth-order valence-corrected chi connectivity index (χ4v) is 2.69. The Balaban J connectivity index is 1.81. The molecule has 0 bridgehead atoms. The Bertz CT molecular complexity index is 785. The second-order valence-electron chi connectivity index (χ2n) is 6.14. The van der Waals surface area contributed by atoms with E-state index in [2.05, 4.69) is 9.97 Å². The zero-order chi connectivity index (χ0) is 20.4. The molecule has 152 valence electrons. The van der Waals surface area contributed by atoms with Crippen LogP contribution in [0.1, 0.15) is 37.4 Å². The van der Waals surface area contributed by atoms with E-state index in [0.29, 0.717) is 50.3 Å². The fourth-order valence-electron chi connectivity index (χ4n) is 2.69. The molecule has 0 radical (unpaired) electrons. The number of nitrogen functional groups attached to an aromatic ring is 2. The van der Waals surface area contributed by atoms with Crippen molar-refractivity contribution in [2.75, 3.05) is 24.7 Å². The number of aryl methyl sites for hydroxylation is 2. The minimum Gasteiger partial charge on any atom is -0.493 e. The maximum absolute atomic E-state index is 11.1. The standard InChI is InChI=1S/C19H27N5O4/c1-2-14-17(18(20)23-19(21)22-14)28-12-6-11-27-15-9-4-3-7-13(15)8-5-10-16(25)24-26/h3-4,7,9,26H,2,5-6,8,10-12H2,1H3,(H,24,25)(H4,20,21,22,23). The normalized spacial score (nSPS) is 10.5. The maximum Gasteiger partial charge on any atom is 0.243 e. The highest BCUT2D eigenvalue weighted by Gasteiger charge is 2.11. The molecule has 1 aromatic heterocycles. The van der Waals surface area contributed by atoms with Gasteiger partial charge in [-0.2, -0.15) is 4.98 Å². The van der Waals surface area contributed by atoms with Crippen molar-refractivity contribution in [3.63, 3.8) is 0 Å². The average Bonchev–Trinajstić information content (AvgIpc) is 2.69. The van der Waals surface area contributed by atoms with Crippen molar-refractivity contribution in [1.29, 1.82) is 0 Å². The first-order chi connectivity index (χ1) is 13.5. The summed E-state index contributed by atoms with van der Waals surface area (Å²) in [6.45, 7) is 2.81. The maximum atomic E-state index is 11.1. The van der Waals surface area contributed by atoms with E-state index in [1.807, 2.05) is 31.2 Å². The van der Waals surface area contributed by atoms with Gasteiger partial charge in [-0.1, -0.05) is 25.1 Å². The molecule has 2 rings (SSSR count). The van der Waals surface area contributed by atoms with Gasteiger partial charge >= 0.3 is 0 Å². The molecule has 0 saturated heterocycles. The van der Waals surface area contributed by atoms with E-state index in [4.69, 9.17) is 26.1 Å². The van der Waals surface area contributed by atoms with Gasteiger partial charge in [-0.05, 0) is 30.9 Å². The number of hydrogen-bond acceptors (Lipinski definition) is 8. The molecule has 2 aromatic rings. The van der Waals surface area contributed by atoms with Crippen LogP contribution in [0.5, 0.6) is 11.5 Å². The van der Waals surface area contributed by atoms with Crippen molar-refractivity contribution in [3.05, 3.63) is 35.5 Å². The highest BCUT2D eigenvalue weighted by Crippen LogP contribution is 2.25. The lowest BCUT2D eigenvalue weighted by atomic mass is 10.1. The topological polar surface area (TPSA) is 146 Å². The van der Waals surface area contributed by atoms with Crippen LogP contribution in [0.15, 0.2) is 24.3 Å². The van der Waals surface area contributed by atoms with Crippen LogP contribution in [0.2, 0.25) is 0 Å². The molecule has 6 N–H and O–H groups in total. The zero-order valence-electron chi connectivity index (χ0n) is 16.0. The summed E-state index contributed by atoms with van der Waals surface area (Å²) < 4.78 is 11.6. The second-order valence-corrected chi connectivity index (χ2v) is 6.14. The number of para-hydroxylation sites is 1. The monoisotopic (exact) mass is 389 g/mol. The number of nitrogens with one attached hydrogen (secondary N) is 1. The lowest BCUT2D eigenvalue weighted by Crippen LogP contribution is -2.18. The minimum atomic E-state index is -0.395. The highest BCUT2D eigenvalue weighted by molar-refractivity contribution is 5.74. The number of hydrogen-bond donors (Lipinski definition) is 4. The molecular formula is C19H27N5O4. The molecule has 1 heterocycles. The fraction of sp³-hybridized carbons (Fsp3) is 0.421. The van der Waals surface area contributed by atoms with Crippen molar-refractivity contribution in [3.8, 4) is 11.5 Å². The Morgan fingerprint density at radius 3 is 2.64 bits per heavy atom. The van der Waals surface area contributed by atoms with E-state index < -0.39 is 5.91 Å². The Morgan fingerprint density at radius 2 is 1.89 bits per heavy atom. The van der Waals surface area contributed by atoms with Gasteiger partial charge in [0.2, 0.25) is 11.9 Å². The van der Waals surface area contributed by atoms with Gasteiger partial charge in [-0.3, -0.25) is 10.0 Å². The molecule has 0 aliphatic heterocycles. The molecule has 0 unspecified atom stereocenters. The first kappa shape index (κ1) is 21.2. The molecular weight excluding hydrogens is 362 g/mol. The van der Waals surface area contributed by atoms with Crippen molar-refractivity contribution >= 4 is 17.7 Å². The zero-order valence-corrected chi connectivity index (χ0v) is 16.0. The van der Waals surface area contributed by atoms with Gasteiger partial charge in [0.05, 0.1) is 18.9 Å². The molecule has 1 aromatic carbocycles. The molecule has 0 fully saturated rings. The molecule has 9 heteroatoms. The number of amides is 1. The minimum absolute atomic E-state index is 0.137. The second kappa shape index (κ2) is 10.9. The van der Waals surface area contributed by atoms with Crippen molar-refractivity contribution in [2.24, 2.45) is 0 Å². The van der Waals surface area contributed by atoms with Crippen LogP contribution >= 0.6 is 0 Å². The van der Waals surface area contributed by atoms with Crippen LogP contribution in [0, 0.1) is 0 Å². The van der Waals surface area contributed by atoms with Crippen LogP contribution in [0.3, 0.4) is 0 Å². The van der Waals surface area contributed by atoms with Gasteiger partial charge < -0.3 is 20.9 Å². The summed E-state index contributed by atoms with van der Waals surface area (Å²) in [6, 6.07) is 7.68. The predicted molar refractivity (Wildman–Crippen MR) is 105 cm³/mol. The Morgan fingerprint density at radius 1 is 1.14 bits per heavy atom. The number of ether oxygens (including phenoxy) is 2. The Labute approximate surface area is 164 Å². The summed E-state index contributed by atoms with van der Waals surface area (Å²) >= 11 is 0. The summed E-state index contributed by atoms with van der Waals surface area (Å²) in [7, 11) is 0. The van der Waals surface area contributed by atoms with E-state index in [1.54, 1.807) is 5.48 Å². The number of nitrogens with two attached hydrogens (primary N) is 2. The van der Waals surface area contributed by atoms with Gasteiger partial charge in [0.1, 0.15) is 5.75 Å². The van der Waals surface area contributed by atoms with Crippen molar-refractivity contribution < 1.29 is 19.5 Å². The molecule has 0 aliphatic rings. The first-order valence-corrected chi connectivity index (χ1v) is 9.23. The Hall–Kier alpha value is -3.07. The van der Waals surface area contributed by atoms with Crippen molar-refractivity contribution in [1.82, 2.24) is 15.4 Å². The number of aromatic nitrogens is 2. The Kier molecular flexibility index (Phi) is 8.29. The summed E-state index contributed by atoms with van der Waals surface area (Å²) in [5.74, 6) is 1.23. The summed E-state index contributed by atoms with van der Waals surface area (Å²) in [5, 5.41) is 8.54. The SMILES string of the molecule is CCc1nc(N)nc(N)c1OCCCOc1ccccc1CCCC(=O)NO. The number of rotatable bonds is 11. The lowest BCUT2D eigenvalue weighted by molar-refractivity contribution is -0.129. The van der Waals surface area contributed by atoms with Gasteiger partial charge in [-0.25, -0.2) is 10.5 Å². The molecule has 0 atom stereocenters. The molecule has 0 spiro atoms. The van der Waals surface area contributed by atoms with Crippen molar-refractivity contribution in [2.45, 2.75) is 39.0 Å². The quantitative estimate of drug-likeness (QED) is 0.259. The molecule has 1 amide bonds. The van der Waals surface area contributed by atoms with E-state index >= 15 is 0 Å². The molecule has 0 aliphatic carbocycles. The van der Waals surface area contributed by atoms with Crippen LogP contribution in [-0.2, 0) is 17.6 Å². The van der Waals surface area contributed by atoms with Gasteiger partial charge in [0, 0.05) is 12.8 Å². The van der Waals surface area contributed by atoms with Gasteiger partial charge in [0.15, 0.2) is 11.6 Å². The number of nitrogens with zero attached hydrogens (tertiary/aromatic N) is 2. The summed E-state index contributed by atoms with van der Waals surface area (Å²) in [4.78, 5) is 19.2. The van der Waals surface area contributed by atoms with Gasteiger partial charge in [-0.15, -0.1) is 0 Å². The summed E-state index contributed by atoms with van der Waals surface area (Å²) in [5.41, 5.74) is 14.8. The summed E-state index contributed by atoms with van der Waals surface area (Å²) in [6.07, 6.45) is 2.84. The van der Waals surface area contributed by atoms with Crippen LogP contribution in [-0.4, -0.2) is 34.3 Å². The van der Waals surface area contributed by atoms with E-state index in [1.165, 1.54) is 0 Å². The molecule has 9 nitrogen and oxygen atoms in total. The number of carbonyl (C=O) groups is 1. The molecule has 28 heavy (non-hydrogen) atoms. The predicted octanol–water partition coefficient (Wildman–Crippen LogP) is 1.88. The number of anilines is 2. The van der Waals surface area contributed by atoms with E-state index in [0.717, 1.165) is 11.3 Å². The van der Waals surface area contributed by atoms with Crippen LogP contribution in [0.4, 0.5) is 11.8 Å². The number of benzene rings is 1. The smallest absolute Gasteiger partial charge is 0.243 e. The number of hydroxylamine groups is 1. The van der Waals surface area contributed by atoms with E-state index in [9.17, 15) is 4.79 Å². The third kappa shape index (κ3) is 6.27. The third-order valence-corrected chi connectivity index (χ3v) is 4.05. The third-order valence-electron chi connectivity index (χ3n) is 4.05. The number of carbonyl (C=O) groups excluding carboxylic acids is 1. The van der Waals surface area contributed by atoms with Gasteiger partial charge in [0.25, 0.3) is 0 Å². The molecule has 0 saturated carbocycles. The van der Waals surface area contributed by atoms with E-state index in [-0.39, 0.29) is 18.2 Å². The first-order valence-electron chi connectivity index (χ1n) is 9.23. The lowest BCUT2D eigenvalue weighted by Gasteiger charge is -2.14. The van der Waals surface area contributed by atoms with Crippen LogP contribution in [0.25, 0.3) is 0 Å².